The van der Waals surface area contributed by atoms with E-state index in [4.69, 9.17) is 15.3 Å². The van der Waals surface area contributed by atoms with E-state index >= 15 is 0 Å². The minimum atomic E-state index is -0.360. The fourth-order valence-corrected chi connectivity index (χ4v) is 2.33. The molecule has 3 N–H and O–H groups in total. The topological polar surface area (TPSA) is 56.5 Å². The van der Waals surface area contributed by atoms with Gasteiger partial charge in [0.1, 0.15) is 0 Å². The highest BCUT2D eigenvalue weighted by atomic mass is 19.1. The lowest BCUT2D eigenvalue weighted by molar-refractivity contribution is 0.0941. The minimum absolute atomic E-state index is 0.150. The highest BCUT2D eigenvalue weighted by Gasteiger charge is 2.24. The molecule has 0 bridgehead atoms. The fourth-order valence-electron chi connectivity index (χ4n) is 2.33. The third-order valence-corrected chi connectivity index (χ3v) is 3.31. The second-order valence-corrected chi connectivity index (χ2v) is 4.45. The van der Waals surface area contributed by atoms with Crippen molar-refractivity contribution in [3.8, 4) is 5.75 Å². The van der Waals surface area contributed by atoms with E-state index in [-0.39, 0.29) is 23.7 Å². The summed E-state index contributed by atoms with van der Waals surface area (Å²) >= 11 is 0. The average molecular weight is 254 g/mol. The van der Waals surface area contributed by atoms with Gasteiger partial charge < -0.3 is 9.47 Å². The summed E-state index contributed by atoms with van der Waals surface area (Å²) in [6.07, 6.45) is 2.88. The summed E-state index contributed by atoms with van der Waals surface area (Å²) in [4.78, 5) is 0. The summed E-state index contributed by atoms with van der Waals surface area (Å²) in [7, 11) is 1.45. The van der Waals surface area contributed by atoms with Gasteiger partial charge in [0.2, 0.25) is 0 Å². The first kappa shape index (κ1) is 13.3. The molecule has 5 heteroatoms. The van der Waals surface area contributed by atoms with E-state index in [9.17, 15) is 4.39 Å². The summed E-state index contributed by atoms with van der Waals surface area (Å²) in [6.45, 7) is 0.780. The Kier molecular flexibility index (Phi) is 4.52. The summed E-state index contributed by atoms with van der Waals surface area (Å²) < 4.78 is 24.7. The van der Waals surface area contributed by atoms with Crippen molar-refractivity contribution in [2.24, 2.45) is 5.84 Å². The smallest absolute Gasteiger partial charge is 0.169 e. The molecule has 1 aliphatic rings. The normalized spacial score (nSPS) is 20.9. The third kappa shape index (κ3) is 2.80. The molecule has 1 fully saturated rings. The molecule has 1 saturated heterocycles. The van der Waals surface area contributed by atoms with Crippen molar-refractivity contribution in [3.63, 3.8) is 0 Å². The molecule has 2 atom stereocenters. The molecule has 0 aromatic heterocycles. The molecule has 2 unspecified atom stereocenters. The van der Waals surface area contributed by atoms with Crippen molar-refractivity contribution in [1.29, 1.82) is 0 Å². The molecular formula is C13H19FN2O2. The van der Waals surface area contributed by atoms with Gasteiger partial charge in [-0.1, -0.05) is 12.1 Å². The second-order valence-electron chi connectivity index (χ2n) is 4.45. The SMILES string of the molecule is COc1cccc(C(CC2CCCO2)NN)c1F. The number of nitrogens with two attached hydrogens (primary N) is 1. The van der Waals surface area contributed by atoms with Crippen molar-refractivity contribution >= 4 is 0 Å². The molecule has 0 radical (unpaired) electrons. The maximum absolute atomic E-state index is 14.1. The minimum Gasteiger partial charge on any atom is -0.494 e. The van der Waals surface area contributed by atoms with Gasteiger partial charge in [-0.3, -0.25) is 11.3 Å². The first-order chi connectivity index (χ1) is 8.76. The Labute approximate surface area is 106 Å². The van der Waals surface area contributed by atoms with Crippen molar-refractivity contribution in [2.75, 3.05) is 13.7 Å². The fraction of sp³-hybridized carbons (Fsp3) is 0.538. The Morgan fingerprint density at radius 2 is 2.44 bits per heavy atom. The largest absolute Gasteiger partial charge is 0.494 e. The number of methoxy groups -OCH3 is 1. The van der Waals surface area contributed by atoms with E-state index < -0.39 is 0 Å². The molecule has 0 amide bonds. The third-order valence-electron chi connectivity index (χ3n) is 3.31. The van der Waals surface area contributed by atoms with Gasteiger partial charge in [-0.2, -0.15) is 0 Å². The van der Waals surface area contributed by atoms with Crippen LogP contribution in [0.5, 0.6) is 5.75 Å². The monoisotopic (exact) mass is 254 g/mol. The number of rotatable bonds is 5. The van der Waals surface area contributed by atoms with E-state index in [0.29, 0.717) is 12.0 Å². The van der Waals surface area contributed by atoms with Crippen LogP contribution < -0.4 is 16.0 Å². The number of hydrogen-bond acceptors (Lipinski definition) is 4. The number of nitrogens with one attached hydrogen (secondary N) is 1. The van der Waals surface area contributed by atoms with Crippen molar-refractivity contribution in [3.05, 3.63) is 29.6 Å². The quantitative estimate of drug-likeness (QED) is 0.622. The van der Waals surface area contributed by atoms with E-state index in [1.807, 2.05) is 0 Å². The maximum atomic E-state index is 14.1. The molecular weight excluding hydrogens is 235 g/mol. The standard InChI is InChI=1S/C13H19FN2O2/c1-17-12-6-2-5-10(13(12)14)11(16-15)8-9-4-3-7-18-9/h2,5-6,9,11,16H,3-4,7-8,15H2,1H3. The van der Waals surface area contributed by atoms with E-state index in [1.165, 1.54) is 7.11 Å². The van der Waals surface area contributed by atoms with Crippen LogP contribution in [-0.2, 0) is 4.74 Å². The first-order valence-electron chi connectivity index (χ1n) is 6.16. The van der Waals surface area contributed by atoms with Crippen LogP contribution in [0.3, 0.4) is 0 Å². The number of hydrogen-bond donors (Lipinski definition) is 2. The molecule has 1 aromatic carbocycles. The Hall–Kier alpha value is -1.17. The van der Waals surface area contributed by atoms with Crippen LogP contribution in [0.2, 0.25) is 0 Å². The summed E-state index contributed by atoms with van der Waals surface area (Å²) in [5.41, 5.74) is 3.18. The van der Waals surface area contributed by atoms with Gasteiger partial charge in [0, 0.05) is 12.2 Å². The summed E-state index contributed by atoms with van der Waals surface area (Å²) in [6, 6.07) is 4.82. The average Bonchev–Trinajstić information content (AvgIpc) is 2.89. The van der Waals surface area contributed by atoms with Crippen LogP contribution in [0.4, 0.5) is 4.39 Å². The first-order valence-corrected chi connectivity index (χ1v) is 6.16. The molecule has 1 heterocycles. The van der Waals surface area contributed by atoms with Gasteiger partial charge >= 0.3 is 0 Å². The van der Waals surface area contributed by atoms with Gasteiger partial charge in [-0.25, -0.2) is 4.39 Å². The Morgan fingerprint density at radius 1 is 1.61 bits per heavy atom. The Bertz CT molecular complexity index is 395. The molecule has 0 spiro atoms. The molecule has 0 saturated carbocycles. The molecule has 18 heavy (non-hydrogen) atoms. The molecule has 4 nitrogen and oxygen atoms in total. The van der Waals surface area contributed by atoms with Crippen LogP contribution in [0.15, 0.2) is 18.2 Å². The van der Waals surface area contributed by atoms with E-state index in [0.717, 1.165) is 19.4 Å². The number of halogens is 1. The van der Waals surface area contributed by atoms with Gasteiger partial charge in [-0.05, 0) is 25.3 Å². The van der Waals surface area contributed by atoms with Gasteiger partial charge in [0.15, 0.2) is 11.6 Å². The van der Waals surface area contributed by atoms with Crippen LogP contribution >= 0.6 is 0 Å². The Morgan fingerprint density at radius 3 is 3.06 bits per heavy atom. The lowest BCUT2D eigenvalue weighted by Gasteiger charge is -2.21. The highest BCUT2D eigenvalue weighted by Crippen LogP contribution is 2.29. The van der Waals surface area contributed by atoms with Gasteiger partial charge in [-0.15, -0.1) is 0 Å². The highest BCUT2D eigenvalue weighted by molar-refractivity contribution is 5.33. The van der Waals surface area contributed by atoms with Crippen LogP contribution in [0.1, 0.15) is 30.9 Å². The molecule has 1 aromatic rings. The molecule has 100 valence electrons. The predicted octanol–water partition coefficient (Wildman–Crippen LogP) is 1.91. The zero-order valence-electron chi connectivity index (χ0n) is 10.5. The predicted molar refractivity (Wildman–Crippen MR) is 66.6 cm³/mol. The maximum Gasteiger partial charge on any atom is 0.169 e. The zero-order valence-corrected chi connectivity index (χ0v) is 10.5. The molecule has 2 rings (SSSR count). The lowest BCUT2D eigenvalue weighted by Crippen LogP contribution is -2.31. The van der Waals surface area contributed by atoms with Gasteiger partial charge in [0.25, 0.3) is 0 Å². The van der Waals surface area contributed by atoms with Crippen LogP contribution in [-0.4, -0.2) is 19.8 Å². The Balaban J connectivity index is 2.15. The number of ether oxygens (including phenoxy) is 2. The summed E-state index contributed by atoms with van der Waals surface area (Å²) in [5.74, 6) is 5.41. The van der Waals surface area contributed by atoms with E-state index in [1.54, 1.807) is 18.2 Å². The number of hydrazine groups is 1. The van der Waals surface area contributed by atoms with Gasteiger partial charge in [0.05, 0.1) is 19.3 Å². The zero-order chi connectivity index (χ0) is 13.0. The molecule has 0 aliphatic carbocycles. The second kappa shape index (κ2) is 6.13. The summed E-state index contributed by atoms with van der Waals surface area (Å²) in [5, 5.41) is 0. The lowest BCUT2D eigenvalue weighted by atomic mass is 9.99. The van der Waals surface area contributed by atoms with Crippen molar-refractivity contribution < 1.29 is 13.9 Å². The van der Waals surface area contributed by atoms with Crippen LogP contribution in [0, 0.1) is 5.82 Å². The van der Waals surface area contributed by atoms with Crippen molar-refractivity contribution in [2.45, 2.75) is 31.4 Å². The van der Waals surface area contributed by atoms with Crippen LogP contribution in [0.25, 0.3) is 0 Å². The van der Waals surface area contributed by atoms with Crippen molar-refractivity contribution in [1.82, 2.24) is 5.43 Å². The van der Waals surface area contributed by atoms with E-state index in [2.05, 4.69) is 5.43 Å². The number of benzene rings is 1. The molecule has 1 aliphatic heterocycles.